The fraction of sp³-hybridized carbons (Fsp3) is 0.208. The Morgan fingerprint density at radius 3 is 2.32 bits per heavy atom. The van der Waals surface area contributed by atoms with E-state index in [1.54, 1.807) is 24.3 Å². The molecule has 178 valence electrons. The van der Waals surface area contributed by atoms with Crippen LogP contribution < -0.4 is 15.4 Å². The summed E-state index contributed by atoms with van der Waals surface area (Å²) in [6, 6.07) is 14.1. The minimum Gasteiger partial charge on any atom is -0.489 e. The van der Waals surface area contributed by atoms with Gasteiger partial charge < -0.3 is 25.5 Å². The largest absolute Gasteiger partial charge is 0.489 e. The summed E-state index contributed by atoms with van der Waals surface area (Å²) in [5.41, 5.74) is 1.69. The molecule has 0 saturated carbocycles. The molecular weight excluding hydrogens is 570 g/mol. The number of carboxylic acids is 1. The Balaban J connectivity index is 1.80. The summed E-state index contributed by atoms with van der Waals surface area (Å²) in [4.78, 5) is 40.1. The van der Waals surface area contributed by atoms with Crippen molar-refractivity contribution in [1.29, 1.82) is 0 Å². The quantitative estimate of drug-likeness (QED) is 0.278. The number of amides is 2. The molecule has 4 N–H and O–H groups in total. The van der Waals surface area contributed by atoms with Gasteiger partial charge >= 0.3 is 5.97 Å². The molecule has 0 unspecified atom stereocenters. The number of halogens is 2. The van der Waals surface area contributed by atoms with Gasteiger partial charge in [-0.25, -0.2) is 4.79 Å². The topological polar surface area (TPSA) is 121 Å². The number of aromatic nitrogens is 1. The molecule has 3 rings (SSSR count). The minimum atomic E-state index is -1.14. The second kappa shape index (κ2) is 11.3. The third kappa shape index (κ3) is 6.71. The van der Waals surface area contributed by atoms with Crippen LogP contribution in [0.25, 0.3) is 0 Å². The predicted octanol–water partition coefficient (Wildman–Crippen LogP) is 5.00. The van der Waals surface area contributed by atoms with Crippen LogP contribution in [-0.4, -0.2) is 40.0 Å². The summed E-state index contributed by atoms with van der Waals surface area (Å²) in [6.07, 6.45) is -0.0836. The molecule has 0 radical (unpaired) electrons. The smallest absolute Gasteiger partial charge is 0.326 e. The summed E-state index contributed by atoms with van der Waals surface area (Å²) < 4.78 is 7.14. The van der Waals surface area contributed by atoms with Gasteiger partial charge in [-0.3, -0.25) is 9.59 Å². The predicted molar refractivity (Wildman–Crippen MR) is 135 cm³/mol. The lowest BCUT2D eigenvalue weighted by atomic mass is 10.1. The summed E-state index contributed by atoms with van der Waals surface area (Å²) >= 11 is 6.62. The highest BCUT2D eigenvalue weighted by Crippen LogP contribution is 2.29. The van der Waals surface area contributed by atoms with Crippen molar-refractivity contribution in [2.75, 3.05) is 5.32 Å². The van der Waals surface area contributed by atoms with E-state index in [1.165, 1.54) is 12.1 Å². The van der Waals surface area contributed by atoms with E-state index in [0.29, 0.717) is 20.5 Å². The van der Waals surface area contributed by atoms with Crippen molar-refractivity contribution in [2.24, 2.45) is 0 Å². The van der Waals surface area contributed by atoms with E-state index < -0.39 is 23.8 Å². The van der Waals surface area contributed by atoms with E-state index >= 15 is 0 Å². The number of benzene rings is 2. The lowest BCUT2D eigenvalue weighted by molar-refractivity contribution is -0.139. The lowest BCUT2D eigenvalue weighted by Crippen LogP contribution is -2.42. The second-order valence-corrected chi connectivity index (χ2v) is 9.38. The van der Waals surface area contributed by atoms with Crippen LogP contribution in [0.15, 0.2) is 63.7 Å². The molecule has 1 heterocycles. The van der Waals surface area contributed by atoms with Crippen LogP contribution in [0.1, 0.15) is 40.3 Å². The number of aliphatic carboxylic acids is 1. The van der Waals surface area contributed by atoms with Crippen molar-refractivity contribution >= 4 is 55.3 Å². The first-order chi connectivity index (χ1) is 16.1. The highest BCUT2D eigenvalue weighted by atomic mass is 79.9. The van der Waals surface area contributed by atoms with Crippen LogP contribution in [0, 0.1) is 0 Å². The highest BCUT2D eigenvalue weighted by Gasteiger charge is 2.22. The number of rotatable bonds is 9. The van der Waals surface area contributed by atoms with Gasteiger partial charge in [0.2, 0.25) is 0 Å². The molecule has 0 aliphatic heterocycles. The Labute approximate surface area is 213 Å². The average Bonchev–Trinajstić information content (AvgIpc) is 3.13. The number of aromatic amines is 1. The van der Waals surface area contributed by atoms with Crippen molar-refractivity contribution < 1.29 is 24.2 Å². The number of H-pyrrole nitrogens is 1. The Morgan fingerprint density at radius 1 is 1.03 bits per heavy atom. The molecule has 34 heavy (non-hydrogen) atoms. The zero-order valence-electron chi connectivity index (χ0n) is 18.4. The van der Waals surface area contributed by atoms with Gasteiger partial charge in [0, 0.05) is 12.0 Å². The number of carbonyl (C=O) groups excluding carboxylic acids is 2. The zero-order valence-corrected chi connectivity index (χ0v) is 21.6. The molecular formula is C24H23Br2N3O5. The number of carboxylic acid groups (broad SMARTS) is 1. The van der Waals surface area contributed by atoms with Gasteiger partial charge in [0.05, 0.1) is 20.9 Å². The molecule has 10 heteroatoms. The molecule has 0 fully saturated rings. The first-order valence-electron chi connectivity index (χ1n) is 10.4. The first kappa shape index (κ1) is 25.5. The summed E-state index contributed by atoms with van der Waals surface area (Å²) in [6.45, 7) is 3.63. The molecule has 1 atom stereocenters. The number of ether oxygens (including phenoxy) is 1. The minimum absolute atomic E-state index is 0.146. The SMILES string of the molecule is CC(C)Oc1cc(C(=O)N[C@@H](Cc2ccccc2)C(=O)O)ccc1NC(=O)c1cc(Br)c(Br)[nH]1. The molecule has 0 bridgehead atoms. The Bertz CT molecular complexity index is 1180. The summed E-state index contributed by atoms with van der Waals surface area (Å²) in [7, 11) is 0. The number of carbonyl (C=O) groups is 3. The molecule has 0 aliphatic carbocycles. The molecule has 0 spiro atoms. The van der Waals surface area contributed by atoms with Gasteiger partial charge in [-0.1, -0.05) is 30.3 Å². The van der Waals surface area contributed by atoms with Crippen molar-refractivity contribution in [2.45, 2.75) is 32.4 Å². The van der Waals surface area contributed by atoms with E-state index in [9.17, 15) is 19.5 Å². The fourth-order valence-corrected chi connectivity index (χ4v) is 3.78. The molecule has 2 aromatic carbocycles. The first-order valence-corrected chi connectivity index (χ1v) is 12.0. The molecule has 8 nitrogen and oxygen atoms in total. The van der Waals surface area contributed by atoms with E-state index in [0.717, 1.165) is 5.56 Å². The normalized spacial score (nSPS) is 11.7. The Kier molecular flexibility index (Phi) is 8.51. The van der Waals surface area contributed by atoms with Gasteiger partial charge in [0.15, 0.2) is 0 Å². The van der Waals surface area contributed by atoms with Crippen molar-refractivity contribution in [3.63, 3.8) is 0 Å². The van der Waals surface area contributed by atoms with Gasteiger partial charge in [-0.2, -0.15) is 0 Å². The van der Waals surface area contributed by atoms with Gasteiger partial charge in [0.1, 0.15) is 17.5 Å². The van der Waals surface area contributed by atoms with Crippen LogP contribution in [0.2, 0.25) is 0 Å². The fourth-order valence-electron chi connectivity index (χ4n) is 3.13. The summed E-state index contributed by atoms with van der Waals surface area (Å²) in [5, 5.41) is 14.9. The Morgan fingerprint density at radius 2 is 1.74 bits per heavy atom. The maximum absolute atomic E-state index is 12.9. The van der Waals surface area contributed by atoms with Crippen molar-refractivity contribution in [1.82, 2.24) is 10.3 Å². The van der Waals surface area contributed by atoms with Crippen LogP contribution in [-0.2, 0) is 11.2 Å². The van der Waals surface area contributed by atoms with Crippen LogP contribution >= 0.6 is 31.9 Å². The average molecular weight is 593 g/mol. The van der Waals surface area contributed by atoms with E-state index in [4.69, 9.17) is 4.74 Å². The number of hydrogen-bond donors (Lipinski definition) is 4. The molecule has 2 amide bonds. The third-order valence-electron chi connectivity index (χ3n) is 4.71. The number of nitrogens with one attached hydrogen (secondary N) is 3. The molecule has 3 aromatic rings. The van der Waals surface area contributed by atoms with E-state index in [2.05, 4.69) is 47.5 Å². The molecule has 0 saturated heterocycles. The van der Waals surface area contributed by atoms with Crippen molar-refractivity contribution in [3.8, 4) is 5.75 Å². The lowest BCUT2D eigenvalue weighted by Gasteiger charge is -2.18. The van der Waals surface area contributed by atoms with Crippen LogP contribution in [0.4, 0.5) is 5.69 Å². The maximum Gasteiger partial charge on any atom is 0.326 e. The second-order valence-electron chi connectivity index (χ2n) is 7.73. The van der Waals surface area contributed by atoms with Gasteiger partial charge in [-0.15, -0.1) is 0 Å². The summed E-state index contributed by atoms with van der Waals surface area (Å²) in [5.74, 6) is -1.81. The monoisotopic (exact) mass is 591 g/mol. The van der Waals surface area contributed by atoms with Crippen LogP contribution in [0.5, 0.6) is 5.75 Å². The van der Waals surface area contributed by atoms with Gasteiger partial charge in [0.25, 0.3) is 11.8 Å². The van der Waals surface area contributed by atoms with Crippen LogP contribution in [0.3, 0.4) is 0 Å². The standard InChI is InChI=1S/C24H23Br2N3O5/c1-13(2)34-20-11-15(8-9-17(20)28-23(31)18-12-16(25)21(26)27-18)22(30)29-19(24(32)33)10-14-6-4-3-5-7-14/h3-9,11-13,19,27H,10H2,1-2H3,(H,28,31)(H,29,30)(H,32,33)/t19-/m0/s1. The Hall–Kier alpha value is -3.11. The number of hydrogen-bond acceptors (Lipinski definition) is 4. The van der Waals surface area contributed by atoms with E-state index in [1.807, 2.05) is 32.0 Å². The number of anilines is 1. The maximum atomic E-state index is 12.9. The molecule has 1 aromatic heterocycles. The third-order valence-corrected chi connectivity index (χ3v) is 6.49. The molecule has 0 aliphatic rings. The van der Waals surface area contributed by atoms with Crippen molar-refractivity contribution in [3.05, 3.63) is 80.5 Å². The van der Waals surface area contributed by atoms with Gasteiger partial charge in [-0.05, 0) is 75.5 Å². The zero-order chi connectivity index (χ0) is 24.8. The highest BCUT2D eigenvalue weighted by molar-refractivity contribution is 9.13. The van der Waals surface area contributed by atoms with E-state index in [-0.39, 0.29) is 23.8 Å².